The normalized spacial score (nSPS) is 10.8. The van der Waals surface area contributed by atoms with E-state index in [1.54, 1.807) is 12.1 Å². The van der Waals surface area contributed by atoms with Crippen molar-refractivity contribution in [1.29, 1.82) is 0 Å². The maximum absolute atomic E-state index is 13.1. The van der Waals surface area contributed by atoms with Gasteiger partial charge in [-0.05, 0) is 29.8 Å². The molecular formula is C16H15FN4O. The Bertz CT molecular complexity index is 799. The number of fused-ring (bicyclic) bond motifs is 1. The number of pyridine rings is 1. The number of hydrogen-bond acceptors (Lipinski definition) is 3. The average Bonchev–Trinajstić information content (AvgIpc) is 2.91. The molecule has 22 heavy (non-hydrogen) atoms. The number of hydrogen-bond donors (Lipinski definition) is 1. The van der Waals surface area contributed by atoms with Crippen LogP contribution in [-0.2, 0) is 17.6 Å². The molecule has 0 saturated carbocycles. The van der Waals surface area contributed by atoms with E-state index in [2.05, 4.69) is 15.5 Å². The van der Waals surface area contributed by atoms with Gasteiger partial charge < -0.3 is 5.32 Å². The van der Waals surface area contributed by atoms with E-state index >= 15 is 0 Å². The Hall–Kier alpha value is -2.76. The molecule has 1 aromatic carbocycles. The Balaban J connectivity index is 1.53. The van der Waals surface area contributed by atoms with Gasteiger partial charge in [-0.25, -0.2) is 4.39 Å². The van der Waals surface area contributed by atoms with Crippen molar-refractivity contribution in [2.45, 2.75) is 12.8 Å². The molecule has 1 N–H and O–H groups in total. The Labute approximate surface area is 126 Å². The van der Waals surface area contributed by atoms with Crippen LogP contribution in [0.3, 0.4) is 0 Å². The van der Waals surface area contributed by atoms with Gasteiger partial charge in [0, 0.05) is 19.2 Å². The number of benzene rings is 1. The van der Waals surface area contributed by atoms with Crippen LogP contribution in [0.15, 0.2) is 48.7 Å². The number of halogens is 1. The Kier molecular flexibility index (Phi) is 4.09. The predicted molar refractivity (Wildman–Crippen MR) is 79.8 cm³/mol. The largest absolute Gasteiger partial charge is 0.355 e. The van der Waals surface area contributed by atoms with Gasteiger partial charge in [0.1, 0.15) is 11.6 Å². The van der Waals surface area contributed by atoms with Gasteiger partial charge in [0.2, 0.25) is 5.91 Å². The highest BCUT2D eigenvalue weighted by Gasteiger charge is 2.07. The van der Waals surface area contributed by atoms with Crippen LogP contribution in [0.1, 0.15) is 11.4 Å². The Morgan fingerprint density at radius 3 is 2.95 bits per heavy atom. The molecule has 0 bridgehead atoms. The van der Waals surface area contributed by atoms with Gasteiger partial charge in [-0.3, -0.25) is 9.20 Å². The summed E-state index contributed by atoms with van der Waals surface area (Å²) in [6.45, 7) is 0.462. The summed E-state index contributed by atoms with van der Waals surface area (Å²) in [5.74, 6) is 0.321. The standard InChI is InChI=1S/C16H15FN4O/c17-13-5-3-4-12(10-13)11-16(22)18-8-7-15-20-19-14-6-1-2-9-21(14)15/h1-6,9-10H,7-8,11H2,(H,18,22). The van der Waals surface area contributed by atoms with Crippen molar-refractivity contribution >= 4 is 11.6 Å². The molecule has 0 aliphatic carbocycles. The number of rotatable bonds is 5. The number of nitrogens with zero attached hydrogens (tertiary/aromatic N) is 3. The molecule has 5 nitrogen and oxygen atoms in total. The molecule has 0 aliphatic rings. The van der Waals surface area contributed by atoms with Crippen LogP contribution in [0.5, 0.6) is 0 Å². The van der Waals surface area contributed by atoms with Crippen molar-refractivity contribution in [2.75, 3.05) is 6.54 Å². The van der Waals surface area contributed by atoms with E-state index in [-0.39, 0.29) is 18.1 Å². The summed E-state index contributed by atoms with van der Waals surface area (Å²) in [6, 6.07) is 11.7. The van der Waals surface area contributed by atoms with Gasteiger partial charge in [0.15, 0.2) is 5.65 Å². The average molecular weight is 298 g/mol. The lowest BCUT2D eigenvalue weighted by molar-refractivity contribution is -0.120. The molecule has 2 aromatic heterocycles. The SMILES string of the molecule is O=C(Cc1cccc(F)c1)NCCc1nnc2ccccn12. The van der Waals surface area contributed by atoms with Gasteiger partial charge in [-0.2, -0.15) is 0 Å². The summed E-state index contributed by atoms with van der Waals surface area (Å²) < 4.78 is 14.9. The van der Waals surface area contributed by atoms with Gasteiger partial charge in [0.05, 0.1) is 6.42 Å². The van der Waals surface area contributed by atoms with Crippen LogP contribution in [0.25, 0.3) is 5.65 Å². The fraction of sp³-hybridized carbons (Fsp3) is 0.188. The Morgan fingerprint density at radius 2 is 2.09 bits per heavy atom. The molecule has 0 atom stereocenters. The van der Waals surface area contributed by atoms with E-state index in [4.69, 9.17) is 0 Å². The molecule has 3 aromatic rings. The summed E-state index contributed by atoms with van der Waals surface area (Å²) in [5.41, 5.74) is 1.44. The summed E-state index contributed by atoms with van der Waals surface area (Å²) in [4.78, 5) is 11.8. The lowest BCUT2D eigenvalue weighted by Gasteiger charge is -2.05. The number of nitrogens with one attached hydrogen (secondary N) is 1. The molecule has 0 unspecified atom stereocenters. The van der Waals surface area contributed by atoms with Gasteiger partial charge in [-0.15, -0.1) is 10.2 Å². The van der Waals surface area contributed by atoms with Crippen molar-refractivity contribution in [3.05, 3.63) is 65.9 Å². The van der Waals surface area contributed by atoms with Crippen LogP contribution < -0.4 is 5.32 Å². The molecular weight excluding hydrogens is 283 g/mol. The lowest BCUT2D eigenvalue weighted by atomic mass is 10.1. The summed E-state index contributed by atoms with van der Waals surface area (Å²) >= 11 is 0. The minimum absolute atomic E-state index is 0.139. The van der Waals surface area contributed by atoms with Crippen LogP contribution in [-0.4, -0.2) is 27.0 Å². The van der Waals surface area contributed by atoms with Gasteiger partial charge in [0.25, 0.3) is 0 Å². The van der Waals surface area contributed by atoms with Crippen molar-refractivity contribution < 1.29 is 9.18 Å². The fourth-order valence-corrected chi connectivity index (χ4v) is 2.27. The van der Waals surface area contributed by atoms with Gasteiger partial charge >= 0.3 is 0 Å². The van der Waals surface area contributed by atoms with Crippen LogP contribution in [0.4, 0.5) is 4.39 Å². The molecule has 0 fully saturated rings. The predicted octanol–water partition coefficient (Wildman–Crippen LogP) is 1.77. The highest BCUT2D eigenvalue weighted by molar-refractivity contribution is 5.78. The van der Waals surface area contributed by atoms with E-state index < -0.39 is 0 Å². The van der Waals surface area contributed by atoms with E-state index in [9.17, 15) is 9.18 Å². The van der Waals surface area contributed by atoms with Crippen LogP contribution in [0.2, 0.25) is 0 Å². The minimum Gasteiger partial charge on any atom is -0.355 e. The second kappa shape index (κ2) is 6.34. The smallest absolute Gasteiger partial charge is 0.224 e. The van der Waals surface area contributed by atoms with Crippen molar-refractivity contribution in [3.8, 4) is 0 Å². The van der Waals surface area contributed by atoms with Crippen molar-refractivity contribution in [2.24, 2.45) is 0 Å². The fourth-order valence-electron chi connectivity index (χ4n) is 2.27. The molecule has 2 heterocycles. The third-order valence-corrected chi connectivity index (χ3v) is 3.31. The molecule has 112 valence electrons. The summed E-state index contributed by atoms with van der Waals surface area (Å²) in [7, 11) is 0. The third-order valence-electron chi connectivity index (χ3n) is 3.31. The monoisotopic (exact) mass is 298 g/mol. The second-order valence-electron chi connectivity index (χ2n) is 4.95. The van der Waals surface area contributed by atoms with E-state index in [0.717, 1.165) is 11.5 Å². The molecule has 6 heteroatoms. The maximum atomic E-state index is 13.1. The molecule has 0 spiro atoms. The van der Waals surface area contributed by atoms with E-state index in [1.165, 1.54) is 12.1 Å². The molecule has 3 rings (SSSR count). The third kappa shape index (κ3) is 3.28. The molecule has 0 saturated heterocycles. The zero-order valence-corrected chi connectivity index (χ0v) is 11.9. The van der Waals surface area contributed by atoms with Gasteiger partial charge in [-0.1, -0.05) is 18.2 Å². The summed E-state index contributed by atoms with van der Waals surface area (Å²) in [6.07, 6.45) is 2.64. The summed E-state index contributed by atoms with van der Waals surface area (Å²) in [5, 5.41) is 11.0. The van der Waals surface area contributed by atoms with Crippen molar-refractivity contribution in [1.82, 2.24) is 19.9 Å². The lowest BCUT2D eigenvalue weighted by Crippen LogP contribution is -2.27. The zero-order valence-electron chi connectivity index (χ0n) is 11.9. The molecule has 1 amide bonds. The maximum Gasteiger partial charge on any atom is 0.224 e. The number of amides is 1. The van der Waals surface area contributed by atoms with E-state index in [1.807, 2.05) is 28.8 Å². The molecule has 0 aliphatic heterocycles. The topological polar surface area (TPSA) is 59.3 Å². The first-order valence-electron chi connectivity index (χ1n) is 7.02. The quantitative estimate of drug-likeness (QED) is 0.781. The highest BCUT2D eigenvalue weighted by atomic mass is 19.1. The number of aromatic nitrogens is 3. The Morgan fingerprint density at radius 1 is 1.18 bits per heavy atom. The van der Waals surface area contributed by atoms with Crippen LogP contribution >= 0.6 is 0 Å². The van der Waals surface area contributed by atoms with Crippen molar-refractivity contribution in [3.63, 3.8) is 0 Å². The number of carbonyl (C=O) groups is 1. The minimum atomic E-state index is -0.333. The first-order valence-corrected chi connectivity index (χ1v) is 7.02. The first-order chi connectivity index (χ1) is 10.7. The first kappa shape index (κ1) is 14.2. The van der Waals surface area contributed by atoms with Crippen LogP contribution in [0, 0.1) is 5.82 Å². The van der Waals surface area contributed by atoms with E-state index in [0.29, 0.717) is 18.5 Å². The highest BCUT2D eigenvalue weighted by Crippen LogP contribution is 2.05. The second-order valence-corrected chi connectivity index (χ2v) is 4.95. The zero-order chi connectivity index (χ0) is 15.4. The molecule has 0 radical (unpaired) electrons. The number of carbonyl (C=O) groups excluding carboxylic acids is 1.